The first-order valence-corrected chi connectivity index (χ1v) is 8.38. The van der Waals surface area contributed by atoms with Gasteiger partial charge >= 0.3 is 0 Å². The highest BCUT2D eigenvalue weighted by Crippen LogP contribution is 2.35. The third-order valence-electron chi connectivity index (χ3n) is 5.50. The second-order valence-corrected chi connectivity index (χ2v) is 7.06. The minimum Gasteiger partial charge on any atom is -0.316 e. The van der Waals surface area contributed by atoms with Gasteiger partial charge in [-0.15, -0.1) is 0 Å². The highest BCUT2D eigenvalue weighted by molar-refractivity contribution is 5.19. The van der Waals surface area contributed by atoms with Gasteiger partial charge in [-0.1, -0.05) is 37.3 Å². The zero-order valence-electron chi connectivity index (χ0n) is 13.4. The number of piperidine rings is 1. The Kier molecular flexibility index (Phi) is 4.63. The molecule has 1 aromatic carbocycles. The summed E-state index contributed by atoms with van der Waals surface area (Å²) in [6.07, 6.45) is 2.75. The topological polar surface area (TPSA) is 27.3 Å². The molecule has 0 aromatic heterocycles. The average Bonchev–Trinajstić information content (AvgIpc) is 2.48. The summed E-state index contributed by atoms with van der Waals surface area (Å²) in [6, 6.07) is 11.3. The molecule has 1 aromatic rings. The number of hydrogen-bond donors (Lipinski definition) is 2. The molecule has 1 unspecified atom stereocenters. The number of rotatable bonds is 5. The van der Waals surface area contributed by atoms with Crippen molar-refractivity contribution in [3.63, 3.8) is 0 Å². The van der Waals surface area contributed by atoms with E-state index in [9.17, 15) is 0 Å². The van der Waals surface area contributed by atoms with E-state index in [4.69, 9.17) is 0 Å². The maximum Gasteiger partial charge on any atom is 0.0355 e. The van der Waals surface area contributed by atoms with E-state index in [0.29, 0.717) is 17.4 Å². The van der Waals surface area contributed by atoms with Crippen LogP contribution in [0.25, 0.3) is 0 Å². The summed E-state index contributed by atoms with van der Waals surface area (Å²) in [4.78, 5) is 2.67. The van der Waals surface area contributed by atoms with Crippen LogP contribution < -0.4 is 10.6 Å². The van der Waals surface area contributed by atoms with Crippen LogP contribution in [0.4, 0.5) is 0 Å². The van der Waals surface area contributed by atoms with E-state index in [1.165, 1.54) is 51.1 Å². The van der Waals surface area contributed by atoms with Gasteiger partial charge in [-0.05, 0) is 49.9 Å². The molecular weight excluding hydrogens is 258 g/mol. The lowest BCUT2D eigenvalue weighted by Gasteiger charge is -2.49. The van der Waals surface area contributed by atoms with Crippen LogP contribution in [0.5, 0.6) is 0 Å². The van der Waals surface area contributed by atoms with Crippen LogP contribution >= 0.6 is 0 Å². The normalized spacial score (nSPS) is 24.5. The first-order chi connectivity index (χ1) is 10.2. The van der Waals surface area contributed by atoms with Gasteiger partial charge in [0.25, 0.3) is 0 Å². The predicted molar refractivity (Wildman–Crippen MR) is 88.4 cm³/mol. The maximum absolute atomic E-state index is 3.51. The van der Waals surface area contributed by atoms with E-state index in [1.54, 1.807) is 0 Å². The van der Waals surface area contributed by atoms with Gasteiger partial charge in [0.1, 0.15) is 0 Å². The second kappa shape index (κ2) is 6.47. The van der Waals surface area contributed by atoms with Crippen LogP contribution in [-0.4, -0.2) is 44.7 Å². The molecule has 2 aliphatic rings. The third-order valence-corrected chi connectivity index (χ3v) is 5.50. The van der Waals surface area contributed by atoms with Crippen LogP contribution in [0.1, 0.15) is 31.4 Å². The monoisotopic (exact) mass is 287 g/mol. The van der Waals surface area contributed by atoms with Crippen molar-refractivity contribution in [1.29, 1.82) is 0 Å². The summed E-state index contributed by atoms with van der Waals surface area (Å²) >= 11 is 0. The van der Waals surface area contributed by atoms with Crippen molar-refractivity contribution in [2.45, 2.75) is 25.8 Å². The van der Waals surface area contributed by atoms with Gasteiger partial charge < -0.3 is 15.5 Å². The fourth-order valence-corrected chi connectivity index (χ4v) is 3.99. The van der Waals surface area contributed by atoms with Gasteiger partial charge in [-0.3, -0.25) is 0 Å². The van der Waals surface area contributed by atoms with E-state index in [-0.39, 0.29) is 0 Å². The van der Waals surface area contributed by atoms with Crippen LogP contribution in [0.15, 0.2) is 30.3 Å². The summed E-state index contributed by atoms with van der Waals surface area (Å²) in [5.74, 6) is 0.631. The van der Waals surface area contributed by atoms with Crippen molar-refractivity contribution in [2.75, 3.05) is 39.8 Å². The molecule has 3 rings (SSSR count). The van der Waals surface area contributed by atoms with E-state index in [1.807, 2.05) is 0 Å². The summed E-state index contributed by atoms with van der Waals surface area (Å²) in [5, 5.41) is 6.96. The highest BCUT2D eigenvalue weighted by atomic mass is 15.2. The van der Waals surface area contributed by atoms with Crippen LogP contribution in [0.3, 0.4) is 0 Å². The zero-order valence-corrected chi connectivity index (χ0v) is 13.4. The molecule has 2 heterocycles. The molecule has 3 nitrogen and oxygen atoms in total. The van der Waals surface area contributed by atoms with Gasteiger partial charge in [0.05, 0.1) is 0 Å². The second-order valence-electron chi connectivity index (χ2n) is 7.06. The summed E-state index contributed by atoms with van der Waals surface area (Å²) in [7, 11) is 2.08. The van der Waals surface area contributed by atoms with Crippen molar-refractivity contribution in [1.82, 2.24) is 15.5 Å². The van der Waals surface area contributed by atoms with E-state index < -0.39 is 0 Å². The predicted octanol–water partition coefficient (Wildman–Crippen LogP) is 2.27. The standard InChI is InChI=1S/C18H29N3/c1-15(17(19-2)16-6-4-3-5-7-16)12-21-10-8-18(9-11-21)13-20-14-18/h3-7,15,17,19-20H,8-14H2,1-2H3/t15-,17?/m0/s1. The SMILES string of the molecule is CNC(c1ccccc1)[C@@H](C)CN1CCC2(CC1)CNC2. The first kappa shape index (κ1) is 15.0. The number of nitrogens with one attached hydrogen (secondary N) is 2. The molecule has 0 saturated carbocycles. The molecule has 0 amide bonds. The van der Waals surface area contributed by atoms with Crippen molar-refractivity contribution in [3.05, 3.63) is 35.9 Å². The average molecular weight is 287 g/mol. The highest BCUT2D eigenvalue weighted by Gasteiger charge is 2.39. The molecule has 0 bridgehead atoms. The molecule has 2 fully saturated rings. The Morgan fingerprint density at radius 1 is 1.19 bits per heavy atom. The molecule has 3 heteroatoms. The maximum atomic E-state index is 3.51. The first-order valence-electron chi connectivity index (χ1n) is 8.38. The molecule has 2 N–H and O–H groups in total. The lowest BCUT2D eigenvalue weighted by molar-refractivity contribution is 0.0467. The van der Waals surface area contributed by atoms with Crippen LogP contribution in [0.2, 0.25) is 0 Å². The molecule has 21 heavy (non-hydrogen) atoms. The minimum absolute atomic E-state index is 0.451. The van der Waals surface area contributed by atoms with Crippen molar-refractivity contribution < 1.29 is 0 Å². The Hall–Kier alpha value is -0.900. The smallest absolute Gasteiger partial charge is 0.0355 e. The molecular formula is C18H29N3. The summed E-state index contributed by atoms with van der Waals surface area (Å²) < 4.78 is 0. The van der Waals surface area contributed by atoms with Crippen molar-refractivity contribution in [3.8, 4) is 0 Å². The molecule has 1 spiro atoms. The lowest BCUT2D eigenvalue weighted by atomic mass is 9.73. The number of nitrogens with zero attached hydrogens (tertiary/aromatic N) is 1. The molecule has 0 aliphatic carbocycles. The summed E-state index contributed by atoms with van der Waals surface area (Å²) in [5.41, 5.74) is 2.06. The van der Waals surface area contributed by atoms with Gasteiger partial charge in [0.2, 0.25) is 0 Å². The Bertz CT molecular complexity index is 431. The molecule has 2 atom stereocenters. The number of hydrogen-bond acceptors (Lipinski definition) is 3. The molecule has 2 saturated heterocycles. The van der Waals surface area contributed by atoms with Crippen molar-refractivity contribution in [2.24, 2.45) is 11.3 Å². The van der Waals surface area contributed by atoms with E-state index in [2.05, 4.69) is 59.8 Å². The van der Waals surface area contributed by atoms with E-state index in [0.717, 1.165) is 0 Å². The molecule has 2 aliphatic heterocycles. The lowest BCUT2D eigenvalue weighted by Crippen LogP contribution is -2.58. The van der Waals surface area contributed by atoms with Gasteiger partial charge in [0, 0.05) is 25.7 Å². The zero-order chi connectivity index (χ0) is 14.7. The Balaban J connectivity index is 1.54. The van der Waals surface area contributed by atoms with Gasteiger partial charge in [-0.2, -0.15) is 0 Å². The van der Waals surface area contributed by atoms with Crippen LogP contribution in [0, 0.1) is 11.3 Å². The number of likely N-dealkylation sites (tertiary alicyclic amines) is 1. The van der Waals surface area contributed by atoms with Gasteiger partial charge in [0.15, 0.2) is 0 Å². The third kappa shape index (κ3) is 3.31. The Morgan fingerprint density at radius 2 is 1.86 bits per heavy atom. The quantitative estimate of drug-likeness (QED) is 0.870. The Morgan fingerprint density at radius 3 is 2.38 bits per heavy atom. The molecule has 0 radical (unpaired) electrons. The van der Waals surface area contributed by atoms with E-state index >= 15 is 0 Å². The number of benzene rings is 1. The largest absolute Gasteiger partial charge is 0.316 e. The van der Waals surface area contributed by atoms with Crippen LogP contribution in [-0.2, 0) is 0 Å². The minimum atomic E-state index is 0.451. The van der Waals surface area contributed by atoms with Crippen molar-refractivity contribution >= 4 is 0 Å². The summed E-state index contributed by atoms with van der Waals surface area (Å²) in [6.45, 7) is 8.63. The van der Waals surface area contributed by atoms with Gasteiger partial charge in [-0.25, -0.2) is 0 Å². The Labute approximate surface area is 129 Å². The fourth-order valence-electron chi connectivity index (χ4n) is 3.99. The fraction of sp³-hybridized carbons (Fsp3) is 0.667. The molecule has 116 valence electrons.